The van der Waals surface area contributed by atoms with Crippen molar-refractivity contribution in [2.24, 2.45) is 0 Å². The van der Waals surface area contributed by atoms with Crippen LogP contribution in [0.3, 0.4) is 0 Å². The Balaban J connectivity index is 1.32. The smallest absolute Gasteiger partial charge is 0.166 e. The van der Waals surface area contributed by atoms with Crippen molar-refractivity contribution < 1.29 is 4.74 Å². The van der Waals surface area contributed by atoms with Crippen molar-refractivity contribution in [3.05, 3.63) is 77.1 Å². The Kier molecular flexibility index (Phi) is 8.35. The molecular formula is C27H31N3OS2. The van der Waals surface area contributed by atoms with Crippen LogP contribution in [0.1, 0.15) is 42.1 Å². The van der Waals surface area contributed by atoms with Crippen LogP contribution in [-0.2, 0) is 18.6 Å². The predicted octanol–water partition coefficient (Wildman–Crippen LogP) is 7.24. The van der Waals surface area contributed by atoms with Crippen molar-refractivity contribution in [3.8, 4) is 5.75 Å². The maximum absolute atomic E-state index is 5.31. The molecule has 4 rings (SSSR count). The van der Waals surface area contributed by atoms with Crippen LogP contribution in [0, 0.1) is 6.92 Å². The molecular weight excluding hydrogens is 446 g/mol. The number of nitrogens with zero attached hydrogens (tertiary/aromatic N) is 2. The number of hydrogen-bond donors (Lipinski definition) is 1. The van der Waals surface area contributed by atoms with Crippen molar-refractivity contribution in [1.29, 1.82) is 0 Å². The number of aromatic nitrogens is 3. The van der Waals surface area contributed by atoms with E-state index in [2.05, 4.69) is 49.2 Å². The molecule has 2 aromatic carbocycles. The molecule has 0 aliphatic carbocycles. The zero-order chi connectivity index (χ0) is 23.0. The van der Waals surface area contributed by atoms with Crippen LogP contribution in [0.15, 0.2) is 64.8 Å². The quantitative estimate of drug-likeness (QED) is 0.182. The second-order valence-electron chi connectivity index (χ2n) is 8.09. The zero-order valence-corrected chi connectivity index (χ0v) is 21.2. The number of ether oxygens (including phenoxy) is 1. The first-order valence-electron chi connectivity index (χ1n) is 11.5. The molecule has 0 aliphatic rings. The highest BCUT2D eigenvalue weighted by Gasteiger charge is 2.11. The predicted molar refractivity (Wildman–Crippen MR) is 141 cm³/mol. The van der Waals surface area contributed by atoms with Gasteiger partial charge in [-0.05, 0) is 67.7 Å². The van der Waals surface area contributed by atoms with E-state index in [4.69, 9.17) is 14.7 Å². The summed E-state index contributed by atoms with van der Waals surface area (Å²) in [4.78, 5) is 14.2. The number of hydrogen-bond acceptors (Lipinski definition) is 5. The minimum Gasteiger partial charge on any atom is -0.497 e. The minimum absolute atomic E-state index is 0.807. The molecule has 2 heterocycles. The van der Waals surface area contributed by atoms with Crippen LogP contribution in [0.4, 0.5) is 0 Å². The van der Waals surface area contributed by atoms with Gasteiger partial charge in [-0.25, -0.2) is 4.98 Å². The van der Waals surface area contributed by atoms with Crippen molar-refractivity contribution >= 4 is 34.6 Å². The second kappa shape index (κ2) is 11.6. The first-order chi connectivity index (χ1) is 16.2. The standard InChI is InChI=1S/C27H31N3OS2/c1-4-22-25(18-33-27-29-23-13-12-21(31-3)17-24(23)30-27)28-15-14-26(22)32-16-6-5-7-20-10-8-19(2)9-11-20/h8-15,17H,4-7,16,18H2,1-3H3,(H,29,30). The van der Waals surface area contributed by atoms with Gasteiger partial charge in [0, 0.05) is 22.9 Å². The van der Waals surface area contributed by atoms with Crippen LogP contribution in [0.2, 0.25) is 0 Å². The van der Waals surface area contributed by atoms with Gasteiger partial charge in [0.2, 0.25) is 0 Å². The van der Waals surface area contributed by atoms with E-state index in [9.17, 15) is 0 Å². The zero-order valence-electron chi connectivity index (χ0n) is 19.6. The van der Waals surface area contributed by atoms with Gasteiger partial charge in [-0.3, -0.25) is 4.98 Å². The average molecular weight is 478 g/mol. The summed E-state index contributed by atoms with van der Waals surface area (Å²) < 4.78 is 5.31. The summed E-state index contributed by atoms with van der Waals surface area (Å²) in [5.41, 5.74) is 7.24. The number of thioether (sulfide) groups is 2. The molecule has 0 atom stereocenters. The molecule has 33 heavy (non-hydrogen) atoms. The molecule has 0 radical (unpaired) electrons. The molecule has 0 unspecified atom stereocenters. The van der Waals surface area contributed by atoms with E-state index in [0.717, 1.165) is 52.0 Å². The van der Waals surface area contributed by atoms with Crippen molar-refractivity contribution in [2.45, 2.75) is 55.3 Å². The van der Waals surface area contributed by atoms with E-state index in [1.807, 2.05) is 36.2 Å². The van der Waals surface area contributed by atoms with Gasteiger partial charge in [0.15, 0.2) is 5.16 Å². The number of fused-ring (bicyclic) bond motifs is 1. The molecule has 0 spiro atoms. The third kappa shape index (κ3) is 6.33. The lowest BCUT2D eigenvalue weighted by molar-refractivity contribution is 0.415. The minimum atomic E-state index is 0.807. The summed E-state index contributed by atoms with van der Waals surface area (Å²) >= 11 is 3.67. The molecule has 1 N–H and O–H groups in total. The lowest BCUT2D eigenvalue weighted by Crippen LogP contribution is -1.98. The number of aryl methyl sites for hydroxylation is 2. The van der Waals surface area contributed by atoms with Crippen LogP contribution >= 0.6 is 23.5 Å². The van der Waals surface area contributed by atoms with E-state index in [0.29, 0.717) is 0 Å². The van der Waals surface area contributed by atoms with E-state index >= 15 is 0 Å². The maximum atomic E-state index is 5.31. The van der Waals surface area contributed by atoms with Crippen molar-refractivity contribution in [1.82, 2.24) is 15.0 Å². The van der Waals surface area contributed by atoms with Crippen molar-refractivity contribution in [3.63, 3.8) is 0 Å². The van der Waals surface area contributed by atoms with Gasteiger partial charge in [0.05, 0.1) is 23.8 Å². The Morgan fingerprint density at radius 3 is 2.64 bits per heavy atom. The molecule has 0 saturated heterocycles. The molecule has 4 nitrogen and oxygen atoms in total. The Labute approximate surface area is 205 Å². The Morgan fingerprint density at radius 1 is 1.00 bits per heavy atom. The fraction of sp³-hybridized carbons (Fsp3) is 0.333. The number of aromatic amines is 1. The van der Waals surface area contributed by atoms with Crippen molar-refractivity contribution in [2.75, 3.05) is 12.9 Å². The summed E-state index contributed by atoms with van der Waals surface area (Å²) in [5, 5.41) is 0.913. The molecule has 172 valence electrons. The van der Waals surface area contributed by atoms with Gasteiger partial charge < -0.3 is 9.72 Å². The summed E-state index contributed by atoms with van der Waals surface area (Å²) in [5.74, 6) is 2.78. The maximum Gasteiger partial charge on any atom is 0.166 e. The highest BCUT2D eigenvalue weighted by molar-refractivity contribution is 7.99. The monoisotopic (exact) mass is 477 g/mol. The van der Waals surface area contributed by atoms with Crippen LogP contribution in [-0.4, -0.2) is 27.8 Å². The summed E-state index contributed by atoms with van der Waals surface area (Å²) in [6.07, 6.45) is 6.54. The van der Waals surface area contributed by atoms with E-state index in [-0.39, 0.29) is 0 Å². The number of imidazole rings is 1. The summed E-state index contributed by atoms with van der Waals surface area (Å²) in [6, 6.07) is 17.0. The number of H-pyrrole nitrogens is 1. The average Bonchev–Trinajstić information content (AvgIpc) is 3.25. The number of pyridine rings is 1. The van der Waals surface area contributed by atoms with Gasteiger partial charge in [0.25, 0.3) is 0 Å². The third-order valence-electron chi connectivity index (χ3n) is 5.71. The van der Waals surface area contributed by atoms with Gasteiger partial charge >= 0.3 is 0 Å². The van der Waals surface area contributed by atoms with Gasteiger partial charge in [-0.2, -0.15) is 0 Å². The molecule has 0 amide bonds. The summed E-state index contributed by atoms with van der Waals surface area (Å²) in [6.45, 7) is 4.36. The van der Waals surface area contributed by atoms with E-state index < -0.39 is 0 Å². The SMILES string of the molecule is CCc1c(SCCCCc2ccc(C)cc2)ccnc1CSc1nc2ccc(OC)cc2[nH]1. The molecule has 4 aromatic rings. The first-order valence-corrected chi connectivity index (χ1v) is 13.4. The molecule has 0 bridgehead atoms. The third-order valence-corrected chi connectivity index (χ3v) is 7.78. The van der Waals surface area contributed by atoms with Gasteiger partial charge in [-0.1, -0.05) is 48.5 Å². The van der Waals surface area contributed by atoms with Crippen LogP contribution in [0.25, 0.3) is 11.0 Å². The molecule has 2 aromatic heterocycles. The molecule has 0 aliphatic heterocycles. The number of nitrogens with one attached hydrogen (secondary N) is 1. The normalized spacial score (nSPS) is 11.2. The highest BCUT2D eigenvalue weighted by atomic mass is 32.2. The second-order valence-corrected chi connectivity index (χ2v) is 10.2. The number of benzene rings is 2. The van der Waals surface area contributed by atoms with Crippen LogP contribution < -0.4 is 4.74 Å². The first kappa shape index (κ1) is 23.7. The number of unbranched alkanes of at least 4 members (excludes halogenated alkanes) is 1. The molecule has 0 fully saturated rings. The van der Waals surface area contributed by atoms with Gasteiger partial charge in [-0.15, -0.1) is 11.8 Å². The van der Waals surface area contributed by atoms with E-state index in [1.165, 1.54) is 34.4 Å². The lowest BCUT2D eigenvalue weighted by atomic mass is 10.1. The summed E-state index contributed by atoms with van der Waals surface area (Å²) in [7, 11) is 1.68. The Bertz CT molecular complexity index is 1190. The Hall–Kier alpha value is -2.44. The van der Waals surface area contributed by atoms with E-state index in [1.54, 1.807) is 18.9 Å². The molecule has 6 heteroatoms. The number of rotatable bonds is 11. The lowest BCUT2D eigenvalue weighted by Gasteiger charge is -2.12. The van der Waals surface area contributed by atoms with Gasteiger partial charge in [0.1, 0.15) is 5.75 Å². The highest BCUT2D eigenvalue weighted by Crippen LogP contribution is 2.30. The topological polar surface area (TPSA) is 50.8 Å². The van der Waals surface area contributed by atoms with Crippen LogP contribution in [0.5, 0.6) is 5.75 Å². The Morgan fingerprint density at radius 2 is 1.85 bits per heavy atom. The fourth-order valence-corrected chi connectivity index (χ4v) is 5.85. The number of methoxy groups -OCH3 is 1. The fourth-order valence-electron chi connectivity index (χ4n) is 3.82. The molecule has 0 saturated carbocycles. The largest absolute Gasteiger partial charge is 0.497 e.